The largest absolute Gasteiger partial charge is 0.481 e. The van der Waals surface area contributed by atoms with Crippen LogP contribution in [-0.2, 0) is 14.4 Å². The van der Waals surface area contributed by atoms with Gasteiger partial charge in [0.25, 0.3) is 0 Å². The molecule has 1 saturated heterocycles. The molecule has 6 heteroatoms. The predicted molar refractivity (Wildman–Crippen MR) is 95.9 cm³/mol. The van der Waals surface area contributed by atoms with E-state index in [1.807, 2.05) is 27.7 Å². The molecule has 1 heterocycles. The topological polar surface area (TPSA) is 87.1 Å². The zero-order valence-corrected chi connectivity index (χ0v) is 16.2. The lowest BCUT2D eigenvalue weighted by atomic mass is 9.80. The zero-order chi connectivity index (χ0) is 19.1. The molecule has 2 N–H and O–H groups in total. The van der Waals surface area contributed by atoms with Crippen LogP contribution in [0.5, 0.6) is 0 Å². The Labute approximate surface area is 151 Å². The van der Waals surface area contributed by atoms with E-state index in [2.05, 4.69) is 0 Å². The van der Waals surface area contributed by atoms with Crippen molar-refractivity contribution in [3.05, 3.63) is 0 Å². The van der Waals surface area contributed by atoms with Gasteiger partial charge in [0.15, 0.2) is 0 Å². The maximum Gasteiger partial charge on any atom is 0.325 e. The third kappa shape index (κ3) is 7.74. The lowest BCUT2D eigenvalue weighted by Crippen LogP contribution is -2.62. The van der Waals surface area contributed by atoms with Crippen molar-refractivity contribution in [1.29, 1.82) is 0 Å². The van der Waals surface area contributed by atoms with Crippen molar-refractivity contribution >= 4 is 11.9 Å². The van der Waals surface area contributed by atoms with Gasteiger partial charge in [-0.15, -0.1) is 5.06 Å². The summed E-state index contributed by atoms with van der Waals surface area (Å²) in [4.78, 5) is 28.3. The maximum atomic E-state index is 12.2. The number of aliphatic hydroxyl groups excluding tert-OH is 1. The third-order valence-corrected chi connectivity index (χ3v) is 4.78. The van der Waals surface area contributed by atoms with Crippen molar-refractivity contribution in [2.24, 2.45) is 0 Å². The number of hydrogen-bond donors (Lipinski definition) is 2. The molecule has 0 aromatic carbocycles. The van der Waals surface area contributed by atoms with Crippen molar-refractivity contribution in [2.45, 2.75) is 109 Å². The van der Waals surface area contributed by atoms with Gasteiger partial charge in [0.05, 0.1) is 17.2 Å². The second-order valence-corrected chi connectivity index (χ2v) is 8.46. The summed E-state index contributed by atoms with van der Waals surface area (Å²) in [6.07, 6.45) is 6.83. The van der Waals surface area contributed by atoms with Crippen LogP contribution in [0.3, 0.4) is 0 Å². The Kier molecular flexibility index (Phi) is 8.35. The SMILES string of the molecule is CC1(C)CC(O)CC(C)(C)N1OC(=O)CCCCCCCCC(=O)O. The van der Waals surface area contributed by atoms with E-state index in [0.717, 1.165) is 38.5 Å². The Bertz CT molecular complexity index is 429. The van der Waals surface area contributed by atoms with Crippen LogP contribution in [0.1, 0.15) is 91.9 Å². The molecule has 0 aliphatic carbocycles. The third-order valence-electron chi connectivity index (χ3n) is 4.78. The summed E-state index contributed by atoms with van der Waals surface area (Å²) >= 11 is 0. The monoisotopic (exact) mass is 357 g/mol. The van der Waals surface area contributed by atoms with E-state index in [1.165, 1.54) is 0 Å². The van der Waals surface area contributed by atoms with E-state index in [9.17, 15) is 14.7 Å². The molecule has 0 atom stereocenters. The van der Waals surface area contributed by atoms with E-state index in [1.54, 1.807) is 5.06 Å². The molecule has 0 aromatic rings. The molecule has 0 unspecified atom stereocenters. The highest BCUT2D eigenvalue weighted by molar-refractivity contribution is 5.69. The first-order valence-corrected chi connectivity index (χ1v) is 9.45. The first kappa shape index (κ1) is 21.9. The zero-order valence-electron chi connectivity index (χ0n) is 16.2. The quantitative estimate of drug-likeness (QED) is 0.580. The fourth-order valence-corrected chi connectivity index (χ4v) is 3.86. The highest BCUT2D eigenvalue weighted by Gasteiger charge is 2.47. The Balaban J connectivity index is 2.26. The summed E-state index contributed by atoms with van der Waals surface area (Å²) in [7, 11) is 0. The molecule has 25 heavy (non-hydrogen) atoms. The van der Waals surface area contributed by atoms with E-state index < -0.39 is 5.97 Å². The van der Waals surface area contributed by atoms with Crippen LogP contribution in [0.15, 0.2) is 0 Å². The van der Waals surface area contributed by atoms with Gasteiger partial charge in [-0.3, -0.25) is 9.59 Å². The average Bonchev–Trinajstić information content (AvgIpc) is 2.44. The number of rotatable bonds is 10. The van der Waals surface area contributed by atoms with Crippen LogP contribution in [-0.4, -0.2) is 44.4 Å². The lowest BCUT2D eigenvalue weighted by molar-refractivity contribution is -0.276. The van der Waals surface area contributed by atoms with Gasteiger partial charge >= 0.3 is 11.9 Å². The number of hydroxylamine groups is 2. The molecule has 1 aliphatic heterocycles. The van der Waals surface area contributed by atoms with Gasteiger partial charge in [0.1, 0.15) is 0 Å². The number of aliphatic hydroxyl groups is 1. The highest BCUT2D eigenvalue weighted by Crippen LogP contribution is 2.38. The predicted octanol–water partition coefficient (Wildman–Crippen LogP) is 3.66. The summed E-state index contributed by atoms with van der Waals surface area (Å²) in [5.41, 5.74) is -0.776. The minimum absolute atomic E-state index is 0.219. The van der Waals surface area contributed by atoms with Gasteiger partial charge in [-0.1, -0.05) is 25.7 Å². The number of carboxylic acids is 1. The van der Waals surface area contributed by atoms with Gasteiger partial charge in [0, 0.05) is 12.8 Å². The summed E-state index contributed by atoms with van der Waals surface area (Å²) in [5, 5.41) is 20.4. The highest BCUT2D eigenvalue weighted by atomic mass is 16.7. The van der Waals surface area contributed by atoms with E-state index in [4.69, 9.17) is 9.94 Å². The number of aliphatic carboxylic acids is 1. The van der Waals surface area contributed by atoms with Gasteiger partial charge in [-0.05, 0) is 53.4 Å². The number of carbonyl (C=O) groups is 2. The number of hydrogen-bond acceptors (Lipinski definition) is 5. The Morgan fingerprint density at radius 3 is 1.84 bits per heavy atom. The molecular weight excluding hydrogens is 322 g/mol. The van der Waals surface area contributed by atoms with Crippen molar-refractivity contribution in [1.82, 2.24) is 5.06 Å². The molecule has 0 aromatic heterocycles. The molecule has 146 valence electrons. The molecule has 0 radical (unpaired) electrons. The van der Waals surface area contributed by atoms with E-state index in [-0.39, 0.29) is 29.6 Å². The lowest BCUT2D eigenvalue weighted by Gasteiger charge is -2.51. The molecule has 1 aliphatic rings. The fraction of sp³-hybridized carbons (Fsp3) is 0.895. The second-order valence-electron chi connectivity index (χ2n) is 8.46. The summed E-state index contributed by atoms with van der Waals surface area (Å²) < 4.78 is 0. The average molecular weight is 357 g/mol. The number of piperidine rings is 1. The summed E-state index contributed by atoms with van der Waals surface area (Å²) in [5.74, 6) is -0.956. The number of carbonyl (C=O) groups excluding carboxylic acids is 1. The molecule has 0 amide bonds. The van der Waals surface area contributed by atoms with Crippen molar-refractivity contribution in [2.75, 3.05) is 0 Å². The molecular formula is C19H35NO5. The maximum absolute atomic E-state index is 12.2. The fourth-order valence-electron chi connectivity index (χ4n) is 3.86. The van der Waals surface area contributed by atoms with E-state index in [0.29, 0.717) is 19.3 Å². The van der Waals surface area contributed by atoms with Crippen molar-refractivity contribution in [3.63, 3.8) is 0 Å². The molecule has 1 fully saturated rings. The normalized spacial score (nSPS) is 20.4. The van der Waals surface area contributed by atoms with Crippen LogP contribution in [0, 0.1) is 0 Å². The number of carboxylic acid groups (broad SMARTS) is 1. The standard InChI is InChI=1S/C19H35NO5/c1-18(2)13-15(21)14-19(3,4)20(18)25-17(24)12-10-8-6-5-7-9-11-16(22)23/h15,21H,5-14H2,1-4H3,(H,22,23). The Morgan fingerprint density at radius 1 is 0.920 bits per heavy atom. The van der Waals surface area contributed by atoms with Gasteiger partial charge in [0.2, 0.25) is 0 Å². The first-order valence-electron chi connectivity index (χ1n) is 9.45. The minimum Gasteiger partial charge on any atom is -0.481 e. The molecule has 1 rings (SSSR count). The Hall–Kier alpha value is -1.14. The number of nitrogens with zero attached hydrogens (tertiary/aromatic N) is 1. The van der Waals surface area contributed by atoms with Crippen LogP contribution in [0.25, 0.3) is 0 Å². The van der Waals surface area contributed by atoms with Gasteiger partial charge in [-0.25, -0.2) is 0 Å². The van der Waals surface area contributed by atoms with Crippen LogP contribution < -0.4 is 0 Å². The molecule has 6 nitrogen and oxygen atoms in total. The van der Waals surface area contributed by atoms with Gasteiger partial charge < -0.3 is 15.1 Å². The number of unbranched alkanes of at least 4 members (excludes halogenated alkanes) is 5. The first-order chi connectivity index (χ1) is 11.5. The van der Waals surface area contributed by atoms with Gasteiger partial charge in [-0.2, -0.15) is 0 Å². The van der Waals surface area contributed by atoms with E-state index >= 15 is 0 Å². The second kappa shape index (κ2) is 9.53. The molecule has 0 saturated carbocycles. The summed E-state index contributed by atoms with van der Waals surface area (Å²) in [6, 6.07) is 0. The molecule has 0 spiro atoms. The molecule has 0 bridgehead atoms. The smallest absolute Gasteiger partial charge is 0.325 e. The minimum atomic E-state index is -0.737. The van der Waals surface area contributed by atoms with Crippen molar-refractivity contribution < 1.29 is 24.6 Å². The van der Waals surface area contributed by atoms with Crippen LogP contribution in [0.4, 0.5) is 0 Å². The van der Waals surface area contributed by atoms with Crippen LogP contribution in [0.2, 0.25) is 0 Å². The van der Waals surface area contributed by atoms with Crippen molar-refractivity contribution in [3.8, 4) is 0 Å². The van der Waals surface area contributed by atoms with Crippen LogP contribution >= 0.6 is 0 Å². The summed E-state index contributed by atoms with van der Waals surface area (Å²) in [6.45, 7) is 7.95. The Morgan fingerprint density at radius 2 is 1.36 bits per heavy atom.